The minimum absolute atomic E-state index is 0.142. The van der Waals surface area contributed by atoms with Crippen LogP contribution in [0, 0.1) is 0 Å². The van der Waals surface area contributed by atoms with Gasteiger partial charge in [0.15, 0.2) is 6.61 Å². The van der Waals surface area contributed by atoms with Gasteiger partial charge >= 0.3 is 5.97 Å². The maximum atomic E-state index is 12.4. The lowest BCUT2D eigenvalue weighted by Crippen LogP contribution is -2.49. The van der Waals surface area contributed by atoms with E-state index in [1.807, 2.05) is 43.3 Å². The van der Waals surface area contributed by atoms with Crippen molar-refractivity contribution in [3.8, 4) is 0 Å². The summed E-state index contributed by atoms with van der Waals surface area (Å²) in [5.41, 5.74) is 2.64. The number of benzene rings is 2. The van der Waals surface area contributed by atoms with Gasteiger partial charge in [-0.15, -0.1) is 0 Å². The number of carbonyl (C=O) groups excluding carboxylic acids is 2. The van der Waals surface area contributed by atoms with Crippen molar-refractivity contribution < 1.29 is 14.3 Å². The van der Waals surface area contributed by atoms with Gasteiger partial charge in [0.1, 0.15) is 0 Å². The van der Waals surface area contributed by atoms with Gasteiger partial charge in [-0.2, -0.15) is 0 Å². The number of amides is 1. The summed E-state index contributed by atoms with van der Waals surface area (Å²) in [6.45, 7) is 3.61. The molecule has 0 spiro atoms. The minimum atomic E-state index is -0.472. The maximum Gasteiger partial charge on any atom is 0.338 e. The molecular weight excluding hydrogens is 354 g/mol. The Morgan fingerprint density at radius 1 is 0.964 bits per heavy atom. The van der Waals surface area contributed by atoms with Gasteiger partial charge in [0.05, 0.1) is 5.56 Å². The SMILES string of the molecule is CN(C)c1cccc(C(=O)OCC(=O)N2CCN(Cc3ccccc3)CC2)c1. The van der Waals surface area contributed by atoms with E-state index in [4.69, 9.17) is 4.74 Å². The molecule has 0 aliphatic carbocycles. The molecule has 0 atom stereocenters. The molecule has 1 saturated heterocycles. The van der Waals surface area contributed by atoms with Gasteiger partial charge in [-0.3, -0.25) is 9.69 Å². The van der Waals surface area contributed by atoms with Crippen LogP contribution in [0.15, 0.2) is 54.6 Å². The van der Waals surface area contributed by atoms with Crippen LogP contribution in [0.4, 0.5) is 5.69 Å². The van der Waals surface area contributed by atoms with E-state index in [-0.39, 0.29) is 12.5 Å². The van der Waals surface area contributed by atoms with Crippen LogP contribution in [-0.2, 0) is 16.1 Å². The summed E-state index contributed by atoms with van der Waals surface area (Å²) in [4.78, 5) is 30.7. The van der Waals surface area contributed by atoms with Gasteiger partial charge in [-0.1, -0.05) is 36.4 Å². The Bertz CT molecular complexity index is 800. The molecule has 2 aromatic rings. The quantitative estimate of drug-likeness (QED) is 0.719. The largest absolute Gasteiger partial charge is 0.452 e. The fourth-order valence-electron chi connectivity index (χ4n) is 3.21. The number of esters is 1. The van der Waals surface area contributed by atoms with E-state index in [2.05, 4.69) is 17.0 Å². The molecule has 1 aliphatic rings. The van der Waals surface area contributed by atoms with Crippen LogP contribution in [0.3, 0.4) is 0 Å². The highest BCUT2D eigenvalue weighted by Gasteiger charge is 2.22. The molecule has 0 saturated carbocycles. The molecule has 6 nitrogen and oxygen atoms in total. The summed E-state index contributed by atoms with van der Waals surface area (Å²) < 4.78 is 5.24. The second-order valence-corrected chi connectivity index (χ2v) is 7.16. The Labute approximate surface area is 166 Å². The molecule has 1 aliphatic heterocycles. The zero-order valence-corrected chi connectivity index (χ0v) is 16.5. The average Bonchev–Trinajstić information content (AvgIpc) is 2.73. The predicted octanol–water partition coefficient (Wildman–Crippen LogP) is 2.25. The number of piperazine rings is 1. The molecule has 0 bridgehead atoms. The maximum absolute atomic E-state index is 12.4. The van der Waals surface area contributed by atoms with Gasteiger partial charge in [-0.05, 0) is 23.8 Å². The summed E-state index contributed by atoms with van der Waals surface area (Å²) in [5.74, 6) is -0.615. The highest BCUT2D eigenvalue weighted by Crippen LogP contribution is 2.14. The van der Waals surface area contributed by atoms with Crippen LogP contribution in [0.5, 0.6) is 0 Å². The van der Waals surface area contributed by atoms with Crippen molar-refractivity contribution in [2.45, 2.75) is 6.54 Å². The first-order valence-corrected chi connectivity index (χ1v) is 9.51. The van der Waals surface area contributed by atoms with Gasteiger partial charge in [0.2, 0.25) is 0 Å². The normalized spacial score (nSPS) is 14.6. The van der Waals surface area contributed by atoms with Gasteiger partial charge in [0, 0.05) is 52.5 Å². The molecule has 0 N–H and O–H groups in total. The van der Waals surface area contributed by atoms with Crippen molar-refractivity contribution in [2.24, 2.45) is 0 Å². The lowest BCUT2D eigenvalue weighted by molar-refractivity contribution is -0.136. The van der Waals surface area contributed by atoms with Gasteiger partial charge < -0.3 is 14.5 Å². The molecular formula is C22H27N3O3. The van der Waals surface area contributed by atoms with Gasteiger partial charge in [-0.25, -0.2) is 4.79 Å². The zero-order chi connectivity index (χ0) is 19.9. The first-order valence-electron chi connectivity index (χ1n) is 9.51. The third-order valence-electron chi connectivity index (χ3n) is 4.90. The van der Waals surface area contributed by atoms with Crippen molar-refractivity contribution in [2.75, 3.05) is 51.8 Å². The molecule has 1 fully saturated rings. The number of ether oxygens (including phenoxy) is 1. The molecule has 28 heavy (non-hydrogen) atoms. The van der Waals surface area contributed by atoms with Crippen LogP contribution in [-0.4, -0.2) is 68.6 Å². The molecule has 2 aromatic carbocycles. The first-order chi connectivity index (χ1) is 13.5. The summed E-state index contributed by atoms with van der Waals surface area (Å²) in [6.07, 6.45) is 0. The van der Waals surface area contributed by atoms with Crippen LogP contribution in [0.1, 0.15) is 15.9 Å². The number of anilines is 1. The predicted molar refractivity (Wildman–Crippen MR) is 109 cm³/mol. The molecule has 6 heteroatoms. The number of hydrogen-bond donors (Lipinski definition) is 0. The fraction of sp³-hybridized carbons (Fsp3) is 0.364. The Morgan fingerprint density at radius 3 is 2.36 bits per heavy atom. The average molecular weight is 381 g/mol. The Morgan fingerprint density at radius 2 is 1.68 bits per heavy atom. The zero-order valence-electron chi connectivity index (χ0n) is 16.5. The standard InChI is InChI=1S/C22H27N3O3/c1-23(2)20-10-6-9-19(15-20)22(27)28-17-21(26)25-13-11-24(12-14-25)16-18-7-4-3-5-8-18/h3-10,15H,11-14,16-17H2,1-2H3. The van der Waals surface area contributed by atoms with E-state index in [1.165, 1.54) is 5.56 Å². The van der Waals surface area contributed by atoms with Crippen molar-refractivity contribution >= 4 is 17.6 Å². The lowest BCUT2D eigenvalue weighted by Gasteiger charge is -2.34. The highest BCUT2D eigenvalue weighted by atomic mass is 16.5. The Hall–Kier alpha value is -2.86. The molecule has 1 heterocycles. The summed E-state index contributed by atoms with van der Waals surface area (Å²) in [7, 11) is 3.82. The monoisotopic (exact) mass is 381 g/mol. The lowest BCUT2D eigenvalue weighted by atomic mass is 10.2. The van der Waals surface area contributed by atoms with E-state index in [9.17, 15) is 9.59 Å². The third kappa shape index (κ3) is 5.33. The van der Waals surface area contributed by atoms with Crippen LogP contribution >= 0.6 is 0 Å². The van der Waals surface area contributed by atoms with Crippen molar-refractivity contribution in [3.63, 3.8) is 0 Å². The minimum Gasteiger partial charge on any atom is -0.452 e. The van der Waals surface area contributed by atoms with E-state index < -0.39 is 5.97 Å². The molecule has 0 aromatic heterocycles. The summed E-state index contributed by atoms with van der Waals surface area (Å²) in [5, 5.41) is 0. The second-order valence-electron chi connectivity index (χ2n) is 7.16. The number of hydrogen-bond acceptors (Lipinski definition) is 5. The molecule has 148 valence electrons. The number of rotatable bonds is 6. The molecule has 3 rings (SSSR count). The molecule has 0 radical (unpaired) electrons. The smallest absolute Gasteiger partial charge is 0.338 e. The molecule has 0 unspecified atom stereocenters. The topological polar surface area (TPSA) is 53.1 Å². The van der Waals surface area contributed by atoms with E-state index in [1.54, 1.807) is 23.1 Å². The Kier molecular flexibility index (Phi) is 6.66. The first kappa shape index (κ1) is 19.9. The van der Waals surface area contributed by atoms with E-state index >= 15 is 0 Å². The van der Waals surface area contributed by atoms with Crippen LogP contribution in [0.2, 0.25) is 0 Å². The van der Waals surface area contributed by atoms with Crippen molar-refractivity contribution in [3.05, 3.63) is 65.7 Å². The second kappa shape index (κ2) is 9.37. The fourth-order valence-corrected chi connectivity index (χ4v) is 3.21. The number of nitrogens with zero attached hydrogens (tertiary/aromatic N) is 3. The summed E-state index contributed by atoms with van der Waals surface area (Å²) in [6, 6.07) is 17.5. The number of carbonyl (C=O) groups is 2. The van der Waals surface area contributed by atoms with E-state index in [0.29, 0.717) is 18.7 Å². The Balaban J connectivity index is 1.44. The van der Waals surface area contributed by atoms with Gasteiger partial charge in [0.25, 0.3) is 5.91 Å². The van der Waals surface area contributed by atoms with E-state index in [0.717, 1.165) is 25.3 Å². The van der Waals surface area contributed by atoms with Crippen LogP contribution in [0.25, 0.3) is 0 Å². The third-order valence-corrected chi connectivity index (χ3v) is 4.90. The van der Waals surface area contributed by atoms with Crippen molar-refractivity contribution in [1.29, 1.82) is 0 Å². The molecule has 1 amide bonds. The van der Waals surface area contributed by atoms with Crippen molar-refractivity contribution in [1.82, 2.24) is 9.80 Å². The van der Waals surface area contributed by atoms with Crippen LogP contribution < -0.4 is 4.90 Å². The summed E-state index contributed by atoms with van der Waals surface area (Å²) >= 11 is 0. The highest BCUT2D eigenvalue weighted by molar-refractivity contribution is 5.92.